The number of aromatic hydroxyl groups is 1. The van der Waals surface area contributed by atoms with E-state index in [1.807, 2.05) is 39.8 Å². The van der Waals surface area contributed by atoms with Crippen LogP contribution < -0.4 is 37.0 Å². The lowest BCUT2D eigenvalue weighted by Crippen LogP contribution is -2.43. The molecule has 0 spiro atoms. The average Bonchev–Trinajstić information content (AvgIpc) is 3.19. The molecule has 2 aromatic carbocycles. The molecule has 0 aliphatic carbocycles. The average molecular weight is 809 g/mol. The van der Waals surface area contributed by atoms with Crippen molar-refractivity contribution in [2.45, 2.75) is 97.8 Å². The van der Waals surface area contributed by atoms with Gasteiger partial charge in [0, 0.05) is 29.0 Å². The first-order chi connectivity index (χ1) is 27.7. The largest absolute Gasteiger partial charge is 0.507 e. The van der Waals surface area contributed by atoms with Crippen molar-refractivity contribution in [3.8, 4) is 17.2 Å². The number of allylic oxidation sites excluding steroid dienone is 4. The Labute approximate surface area is 339 Å². The minimum Gasteiger partial charge on any atom is -0.507 e. The van der Waals surface area contributed by atoms with Crippen molar-refractivity contribution in [3.05, 3.63) is 74.6 Å². The highest BCUT2D eigenvalue weighted by molar-refractivity contribution is 5.97. The number of phenolic OH excluding ortho intramolecular Hbond substituents is 1. The van der Waals surface area contributed by atoms with E-state index >= 15 is 0 Å². The number of nitrogens with one attached hydrogen (secondary N) is 2. The summed E-state index contributed by atoms with van der Waals surface area (Å²) in [5.41, 5.74) is 14.0. The third kappa shape index (κ3) is 12.8. The molecule has 3 rings (SSSR count). The van der Waals surface area contributed by atoms with Crippen molar-refractivity contribution in [3.63, 3.8) is 0 Å². The Morgan fingerprint density at radius 2 is 1.28 bits per heavy atom. The number of benzene rings is 2. The number of rotatable bonds is 24. The minimum atomic E-state index is -0.909. The number of carbonyl (C=O) groups is 3. The maximum absolute atomic E-state index is 14.5. The molecule has 8 N–H and O–H groups in total. The molecular formula is C43H60N4O11. The number of aliphatic hydroxyl groups is 1. The van der Waals surface area contributed by atoms with Crippen LogP contribution in [0.3, 0.4) is 0 Å². The summed E-state index contributed by atoms with van der Waals surface area (Å²) in [5, 5.41) is 28.2. The molecule has 0 saturated heterocycles. The molecule has 1 heterocycles. The number of nitrogens with two attached hydrogens (primary N) is 2. The maximum atomic E-state index is 14.5. The molecule has 0 aliphatic rings. The van der Waals surface area contributed by atoms with Crippen LogP contribution >= 0.6 is 0 Å². The highest BCUT2D eigenvalue weighted by Gasteiger charge is 2.26. The van der Waals surface area contributed by atoms with E-state index in [2.05, 4.69) is 17.2 Å². The number of methoxy groups -OCH3 is 2. The van der Waals surface area contributed by atoms with Gasteiger partial charge in [-0.05, 0) is 97.7 Å². The van der Waals surface area contributed by atoms with Gasteiger partial charge in [-0.15, -0.1) is 0 Å². The van der Waals surface area contributed by atoms with E-state index in [0.717, 1.165) is 17.6 Å². The molecular weight excluding hydrogens is 748 g/mol. The zero-order chi connectivity index (χ0) is 42.9. The molecule has 0 unspecified atom stereocenters. The number of esters is 2. The Hall–Kier alpha value is -5.38. The van der Waals surface area contributed by atoms with Crippen molar-refractivity contribution in [2.24, 2.45) is 11.5 Å². The molecule has 1 aromatic heterocycles. The predicted molar refractivity (Wildman–Crippen MR) is 223 cm³/mol. The molecule has 0 saturated carbocycles. The van der Waals surface area contributed by atoms with Gasteiger partial charge in [0.2, 0.25) is 5.43 Å². The predicted octanol–water partition coefficient (Wildman–Crippen LogP) is 4.48. The molecule has 0 bridgehead atoms. The van der Waals surface area contributed by atoms with Gasteiger partial charge in [-0.1, -0.05) is 29.9 Å². The van der Waals surface area contributed by atoms with Crippen molar-refractivity contribution >= 4 is 39.8 Å². The summed E-state index contributed by atoms with van der Waals surface area (Å²) in [5.74, 6) is -1.72. The number of hydrogen-bond acceptors (Lipinski definition) is 14. The van der Waals surface area contributed by atoms with Crippen LogP contribution in [-0.2, 0) is 43.3 Å². The van der Waals surface area contributed by atoms with Gasteiger partial charge in [0.05, 0.1) is 26.2 Å². The second-order valence-corrected chi connectivity index (χ2v) is 14.5. The fraction of sp³-hybridized carbons (Fsp3) is 0.488. The van der Waals surface area contributed by atoms with Crippen LogP contribution in [0.1, 0.15) is 82.9 Å². The summed E-state index contributed by atoms with van der Waals surface area (Å²) in [7, 11) is 2.54. The van der Waals surface area contributed by atoms with Gasteiger partial charge in [-0.25, -0.2) is 9.59 Å². The maximum Gasteiger partial charge on any atom is 0.328 e. The number of unbranched alkanes of at least 4 members (excludes halogenated alkanes) is 2. The molecule has 3 aromatic rings. The van der Waals surface area contributed by atoms with E-state index in [4.69, 9.17) is 34.8 Å². The zero-order valence-electron chi connectivity index (χ0n) is 34.6. The molecule has 15 nitrogen and oxygen atoms in total. The monoisotopic (exact) mass is 808 g/mol. The first-order valence-corrected chi connectivity index (χ1v) is 19.4. The van der Waals surface area contributed by atoms with Crippen molar-refractivity contribution in [2.75, 3.05) is 40.5 Å². The van der Waals surface area contributed by atoms with Gasteiger partial charge in [0.25, 0.3) is 5.91 Å². The third-order valence-electron chi connectivity index (χ3n) is 9.40. The van der Waals surface area contributed by atoms with Gasteiger partial charge in [0.15, 0.2) is 6.61 Å². The van der Waals surface area contributed by atoms with E-state index in [1.54, 1.807) is 0 Å². The number of ether oxygens (including phenoxy) is 4. The summed E-state index contributed by atoms with van der Waals surface area (Å²) >= 11 is 0. The molecule has 1 amide bonds. The van der Waals surface area contributed by atoms with Gasteiger partial charge in [0.1, 0.15) is 52.5 Å². The van der Waals surface area contributed by atoms with Crippen LogP contribution in [0.25, 0.3) is 21.9 Å². The molecule has 0 radical (unpaired) electrons. The topological polar surface area (TPSA) is 235 Å². The fourth-order valence-electron chi connectivity index (χ4n) is 6.33. The summed E-state index contributed by atoms with van der Waals surface area (Å²) < 4.78 is 28.3. The van der Waals surface area contributed by atoms with Crippen LogP contribution in [0.15, 0.2) is 56.9 Å². The lowest BCUT2D eigenvalue weighted by Gasteiger charge is -2.21. The van der Waals surface area contributed by atoms with Crippen molar-refractivity contribution in [1.82, 2.24) is 10.6 Å². The minimum absolute atomic E-state index is 0.00532. The molecule has 0 fully saturated rings. The van der Waals surface area contributed by atoms with Crippen LogP contribution in [0, 0.1) is 0 Å². The number of aliphatic hydroxyl groups excluding tert-OH is 1. The first-order valence-electron chi connectivity index (χ1n) is 19.4. The Morgan fingerprint density at radius 1 is 0.776 bits per heavy atom. The fourth-order valence-corrected chi connectivity index (χ4v) is 6.33. The second kappa shape index (κ2) is 23.1. The number of carbonyl (C=O) groups excluding carboxylic acids is 3. The SMILES string of the molecule is C=C(COc1cc2oc3cc(OCC(=O)N[C@@H](CCCCN)C(=O)OC)c(CO)c(CC=C(C)C)c3c(=O)c2c(O)c1CC=C(C)C)N[C@@H](CCCCN)C(=O)OC. The zero-order valence-corrected chi connectivity index (χ0v) is 34.6. The van der Waals surface area contributed by atoms with Gasteiger partial charge >= 0.3 is 11.9 Å². The van der Waals surface area contributed by atoms with Crippen LogP contribution in [-0.4, -0.2) is 80.7 Å². The smallest absolute Gasteiger partial charge is 0.328 e. The van der Waals surface area contributed by atoms with E-state index in [9.17, 15) is 29.4 Å². The first kappa shape index (κ1) is 47.0. The normalized spacial score (nSPS) is 12.0. The Balaban J connectivity index is 2.14. The number of hydrogen-bond donors (Lipinski definition) is 6. The Bertz CT molecular complexity index is 2050. The summed E-state index contributed by atoms with van der Waals surface area (Å²) in [4.78, 5) is 52.4. The molecule has 318 valence electrons. The van der Waals surface area contributed by atoms with Crippen molar-refractivity contribution < 1.29 is 48.0 Å². The van der Waals surface area contributed by atoms with Crippen LogP contribution in [0.2, 0.25) is 0 Å². The van der Waals surface area contributed by atoms with Gasteiger partial charge in [-0.3, -0.25) is 9.59 Å². The van der Waals surface area contributed by atoms with E-state index in [1.165, 1.54) is 26.4 Å². The summed E-state index contributed by atoms with van der Waals surface area (Å²) in [6, 6.07) is 1.35. The van der Waals surface area contributed by atoms with E-state index in [-0.39, 0.29) is 64.2 Å². The Kier molecular flexibility index (Phi) is 18.7. The lowest BCUT2D eigenvalue weighted by atomic mass is 9.95. The Morgan fingerprint density at radius 3 is 1.79 bits per heavy atom. The third-order valence-corrected chi connectivity index (χ3v) is 9.40. The second-order valence-electron chi connectivity index (χ2n) is 14.5. The number of amides is 1. The van der Waals surface area contributed by atoms with Crippen LogP contribution in [0.5, 0.6) is 17.2 Å². The van der Waals surface area contributed by atoms with E-state index in [0.29, 0.717) is 62.0 Å². The molecule has 58 heavy (non-hydrogen) atoms. The summed E-state index contributed by atoms with van der Waals surface area (Å²) in [6.45, 7) is 11.3. The van der Waals surface area contributed by atoms with Crippen LogP contribution in [0.4, 0.5) is 0 Å². The lowest BCUT2D eigenvalue weighted by molar-refractivity contribution is -0.145. The van der Waals surface area contributed by atoms with Gasteiger partial charge < -0.3 is 55.7 Å². The summed E-state index contributed by atoms with van der Waals surface area (Å²) in [6.07, 6.45) is 7.63. The van der Waals surface area contributed by atoms with E-state index < -0.39 is 48.6 Å². The highest BCUT2D eigenvalue weighted by atomic mass is 16.5. The molecule has 0 aliphatic heterocycles. The molecule has 2 atom stereocenters. The van der Waals surface area contributed by atoms with Crippen molar-refractivity contribution in [1.29, 1.82) is 0 Å². The molecule has 15 heteroatoms. The standard InChI is InChI=1S/C43H60N4O11/c1-25(2)14-16-28-30(22-48)34(57-24-37(49)47-32(43(53)55-7)13-9-11-19-45)21-35-38(28)41(51)39-36(58-35)20-33(29(40(39)50)17-15-26(3)4)56-23-27(5)46-31(42(52)54-6)12-8-10-18-44/h14-15,20-21,31-32,46,48,50H,5,8-13,16-19,22-24,44-45H2,1-4,6-7H3,(H,47,49)/t31-,32-/m0/s1. The highest BCUT2D eigenvalue weighted by Crippen LogP contribution is 2.39. The quantitative estimate of drug-likeness (QED) is 0.0317. The number of fused-ring (bicyclic) bond motifs is 2. The number of phenols is 1. The van der Waals surface area contributed by atoms with Gasteiger partial charge in [-0.2, -0.15) is 0 Å².